The van der Waals surface area contributed by atoms with Gasteiger partial charge in [0, 0.05) is 42.8 Å². The van der Waals surface area contributed by atoms with Crippen molar-refractivity contribution in [3.63, 3.8) is 0 Å². The van der Waals surface area contributed by atoms with Gasteiger partial charge >= 0.3 is 0 Å². The average Bonchev–Trinajstić information content (AvgIpc) is 3.37. The number of hydrogen-bond donors (Lipinski definition) is 2. The summed E-state index contributed by atoms with van der Waals surface area (Å²) in [6.07, 6.45) is 1.53. The molecule has 9 heteroatoms. The second-order valence-electron chi connectivity index (χ2n) is 11.7. The molecule has 1 aliphatic heterocycles. The number of aromatic amines is 1. The quantitative estimate of drug-likeness (QED) is 0.254. The number of nitrogens with one attached hydrogen (secondary N) is 2. The first-order valence-corrected chi connectivity index (χ1v) is 15.8. The number of anilines is 1. The van der Waals surface area contributed by atoms with E-state index in [1.54, 1.807) is 25.3 Å². The van der Waals surface area contributed by atoms with Crippen molar-refractivity contribution in [2.45, 2.75) is 50.0 Å². The van der Waals surface area contributed by atoms with Gasteiger partial charge in [-0.25, -0.2) is 8.42 Å². The highest BCUT2D eigenvalue weighted by Crippen LogP contribution is 2.36. The van der Waals surface area contributed by atoms with Crippen molar-refractivity contribution in [3.05, 3.63) is 84.1 Å². The molecule has 2 N–H and O–H groups in total. The highest BCUT2D eigenvalue weighted by molar-refractivity contribution is 7.92. The fourth-order valence-electron chi connectivity index (χ4n) is 5.33. The standard InChI is InChI=1S/C33H39N3O5S/c1-33(2,3)24-10-13-27(14-11-24)42(38,39)36(18-21-40-4)26-12-15-29-28(22-26)30(23-8-6-5-7-9-23)31(35-29)32(37)34-25-16-19-41-20-17-25/h5-15,22,25,35H,16-21H2,1-4H3,(H,34,37). The number of carbonyl (C=O) groups excluding carboxylic acids is 1. The molecular weight excluding hydrogens is 550 g/mol. The van der Waals surface area contributed by atoms with Gasteiger partial charge in [0.1, 0.15) is 5.69 Å². The van der Waals surface area contributed by atoms with E-state index < -0.39 is 10.0 Å². The Morgan fingerprint density at radius 3 is 2.36 bits per heavy atom. The number of H-pyrrole nitrogens is 1. The van der Waals surface area contributed by atoms with Crippen LogP contribution in [0.25, 0.3) is 22.0 Å². The van der Waals surface area contributed by atoms with Crippen LogP contribution in [-0.2, 0) is 24.9 Å². The third kappa shape index (κ3) is 6.23. The molecule has 4 aromatic rings. The first-order valence-electron chi connectivity index (χ1n) is 14.3. The zero-order chi connectivity index (χ0) is 29.9. The maximum atomic E-state index is 14.0. The Balaban J connectivity index is 1.59. The van der Waals surface area contributed by atoms with Crippen molar-refractivity contribution in [2.24, 2.45) is 0 Å². The number of rotatable bonds is 9. The lowest BCUT2D eigenvalue weighted by Gasteiger charge is -2.25. The molecule has 1 amide bonds. The third-order valence-electron chi connectivity index (χ3n) is 7.72. The lowest BCUT2D eigenvalue weighted by atomic mass is 9.87. The molecule has 1 fully saturated rings. The highest BCUT2D eigenvalue weighted by Gasteiger charge is 2.28. The summed E-state index contributed by atoms with van der Waals surface area (Å²) in [5, 5.41) is 3.92. The van der Waals surface area contributed by atoms with Gasteiger partial charge in [-0.15, -0.1) is 0 Å². The molecule has 42 heavy (non-hydrogen) atoms. The molecule has 0 saturated carbocycles. The summed E-state index contributed by atoms with van der Waals surface area (Å²) in [5.41, 5.74) is 4.24. The minimum Gasteiger partial charge on any atom is -0.383 e. The third-order valence-corrected chi connectivity index (χ3v) is 9.56. The number of ether oxygens (including phenoxy) is 2. The molecule has 8 nitrogen and oxygen atoms in total. The molecule has 1 saturated heterocycles. The van der Waals surface area contributed by atoms with E-state index >= 15 is 0 Å². The summed E-state index contributed by atoms with van der Waals surface area (Å²) in [4.78, 5) is 17.1. The predicted octanol–water partition coefficient (Wildman–Crippen LogP) is 5.88. The molecule has 2 heterocycles. The molecule has 0 unspecified atom stereocenters. The van der Waals surface area contributed by atoms with E-state index in [4.69, 9.17) is 9.47 Å². The number of hydrogen-bond acceptors (Lipinski definition) is 5. The number of benzene rings is 3. The van der Waals surface area contributed by atoms with Crippen molar-refractivity contribution in [1.82, 2.24) is 10.3 Å². The van der Waals surface area contributed by atoms with E-state index in [1.807, 2.05) is 54.6 Å². The molecule has 1 aliphatic rings. The van der Waals surface area contributed by atoms with E-state index in [0.29, 0.717) is 24.6 Å². The van der Waals surface area contributed by atoms with Gasteiger partial charge in [-0.2, -0.15) is 0 Å². The van der Waals surface area contributed by atoms with Crippen LogP contribution < -0.4 is 9.62 Å². The molecule has 222 valence electrons. The summed E-state index contributed by atoms with van der Waals surface area (Å²) >= 11 is 0. The van der Waals surface area contributed by atoms with E-state index in [0.717, 1.165) is 40.4 Å². The van der Waals surface area contributed by atoms with Crippen molar-refractivity contribution < 1.29 is 22.7 Å². The van der Waals surface area contributed by atoms with Crippen LogP contribution in [0.2, 0.25) is 0 Å². The van der Waals surface area contributed by atoms with Gasteiger partial charge in [0.2, 0.25) is 0 Å². The van der Waals surface area contributed by atoms with Crippen LogP contribution in [0.5, 0.6) is 0 Å². The van der Waals surface area contributed by atoms with Gasteiger partial charge in [0.25, 0.3) is 15.9 Å². The Labute approximate surface area is 248 Å². The van der Waals surface area contributed by atoms with Crippen molar-refractivity contribution in [3.8, 4) is 11.1 Å². The molecule has 0 atom stereocenters. The molecular formula is C33H39N3O5S. The largest absolute Gasteiger partial charge is 0.383 e. The summed E-state index contributed by atoms with van der Waals surface area (Å²) in [6, 6.07) is 22.2. The van der Waals surface area contributed by atoms with E-state index in [2.05, 4.69) is 31.1 Å². The molecule has 0 aliphatic carbocycles. The number of methoxy groups -OCH3 is 1. The number of aromatic nitrogens is 1. The van der Waals surface area contributed by atoms with Crippen LogP contribution in [0, 0.1) is 0 Å². The van der Waals surface area contributed by atoms with Gasteiger partial charge < -0.3 is 19.8 Å². The zero-order valence-electron chi connectivity index (χ0n) is 24.6. The summed E-state index contributed by atoms with van der Waals surface area (Å²) in [5.74, 6) is -0.193. The number of fused-ring (bicyclic) bond motifs is 1. The van der Waals surface area contributed by atoms with Gasteiger partial charge in [-0.05, 0) is 59.7 Å². The highest BCUT2D eigenvalue weighted by atomic mass is 32.2. The Kier molecular flexibility index (Phi) is 8.73. The van der Waals surface area contributed by atoms with Crippen molar-refractivity contribution >= 4 is 32.5 Å². The lowest BCUT2D eigenvalue weighted by Crippen LogP contribution is -2.39. The van der Waals surface area contributed by atoms with Crippen LogP contribution in [0.15, 0.2) is 77.7 Å². The number of amides is 1. The maximum Gasteiger partial charge on any atom is 0.268 e. The topological polar surface area (TPSA) is 101 Å². The van der Waals surface area contributed by atoms with Crippen LogP contribution in [0.1, 0.15) is 49.7 Å². The molecule has 0 radical (unpaired) electrons. The van der Waals surface area contributed by atoms with Crippen LogP contribution in [-0.4, -0.2) is 58.8 Å². The fourth-order valence-corrected chi connectivity index (χ4v) is 6.77. The van der Waals surface area contributed by atoms with Gasteiger partial charge in [0.15, 0.2) is 0 Å². The van der Waals surface area contributed by atoms with Crippen molar-refractivity contribution in [1.29, 1.82) is 0 Å². The Morgan fingerprint density at radius 2 is 1.71 bits per heavy atom. The van der Waals surface area contributed by atoms with Crippen molar-refractivity contribution in [2.75, 3.05) is 37.8 Å². The predicted molar refractivity (Wildman–Crippen MR) is 167 cm³/mol. The second-order valence-corrected chi connectivity index (χ2v) is 13.5. The monoisotopic (exact) mass is 589 g/mol. The number of nitrogens with zero attached hydrogens (tertiary/aromatic N) is 1. The van der Waals surface area contributed by atoms with E-state index in [9.17, 15) is 13.2 Å². The zero-order valence-corrected chi connectivity index (χ0v) is 25.5. The van der Waals surface area contributed by atoms with Gasteiger partial charge in [0.05, 0.1) is 23.7 Å². The molecule has 1 aromatic heterocycles. The van der Waals surface area contributed by atoms with Crippen LogP contribution in [0.3, 0.4) is 0 Å². The minimum atomic E-state index is -3.91. The first-order chi connectivity index (χ1) is 20.1. The number of carbonyl (C=O) groups is 1. The van der Waals surface area contributed by atoms with Gasteiger partial charge in [-0.3, -0.25) is 9.10 Å². The second kappa shape index (κ2) is 12.3. The summed E-state index contributed by atoms with van der Waals surface area (Å²) in [7, 11) is -2.36. The minimum absolute atomic E-state index is 0.0381. The first kappa shape index (κ1) is 29.8. The number of sulfonamides is 1. The molecule has 0 bridgehead atoms. The fraction of sp³-hybridized carbons (Fsp3) is 0.364. The Morgan fingerprint density at radius 1 is 1.02 bits per heavy atom. The Hall–Kier alpha value is -3.66. The average molecular weight is 590 g/mol. The summed E-state index contributed by atoms with van der Waals surface area (Å²) in [6.45, 7) is 7.87. The SMILES string of the molecule is COCCN(c1ccc2[nH]c(C(=O)NC3CCOCC3)c(-c3ccccc3)c2c1)S(=O)(=O)c1ccc(C(C)(C)C)cc1. The van der Waals surface area contributed by atoms with E-state index in [-0.39, 0.29) is 35.4 Å². The molecule has 5 rings (SSSR count). The maximum absolute atomic E-state index is 14.0. The van der Waals surface area contributed by atoms with Gasteiger partial charge in [-0.1, -0.05) is 63.2 Å². The molecule has 0 spiro atoms. The normalized spacial score (nSPS) is 14.7. The van der Waals surface area contributed by atoms with Crippen LogP contribution in [0.4, 0.5) is 5.69 Å². The lowest BCUT2D eigenvalue weighted by molar-refractivity contribution is 0.0695. The van der Waals surface area contributed by atoms with E-state index in [1.165, 1.54) is 4.31 Å². The van der Waals surface area contributed by atoms with Crippen LogP contribution >= 0.6 is 0 Å². The molecule has 3 aromatic carbocycles. The Bertz CT molecular complexity index is 1640. The smallest absolute Gasteiger partial charge is 0.268 e. The summed E-state index contributed by atoms with van der Waals surface area (Å²) < 4.78 is 40.2.